The van der Waals surface area contributed by atoms with Gasteiger partial charge in [0.1, 0.15) is 11.1 Å². The SMILES string of the molecule is Cc1ccc(C)c(NC(=O)C(C)S(=O)(=O)Cc2ccc(F)cc2Cl)c1. The van der Waals surface area contributed by atoms with Crippen molar-refractivity contribution in [1.82, 2.24) is 0 Å². The van der Waals surface area contributed by atoms with E-state index in [1.54, 1.807) is 6.07 Å². The number of amides is 1. The topological polar surface area (TPSA) is 63.2 Å². The summed E-state index contributed by atoms with van der Waals surface area (Å²) in [6.07, 6.45) is 0. The molecule has 0 heterocycles. The molecule has 2 aromatic rings. The van der Waals surface area contributed by atoms with Gasteiger partial charge in [-0.2, -0.15) is 0 Å². The highest BCUT2D eigenvalue weighted by Crippen LogP contribution is 2.22. The van der Waals surface area contributed by atoms with Crippen molar-refractivity contribution in [3.05, 3.63) is 63.9 Å². The van der Waals surface area contributed by atoms with Crippen LogP contribution in [0.3, 0.4) is 0 Å². The fourth-order valence-electron chi connectivity index (χ4n) is 2.25. The molecule has 7 heteroatoms. The Morgan fingerprint density at radius 1 is 1.20 bits per heavy atom. The lowest BCUT2D eigenvalue weighted by Gasteiger charge is -2.15. The first-order chi connectivity index (χ1) is 11.6. The average Bonchev–Trinajstić information content (AvgIpc) is 2.52. The molecule has 25 heavy (non-hydrogen) atoms. The Bertz CT molecular complexity index is 913. The Morgan fingerprint density at radius 3 is 2.52 bits per heavy atom. The Morgan fingerprint density at radius 2 is 1.88 bits per heavy atom. The van der Waals surface area contributed by atoms with Crippen LogP contribution < -0.4 is 5.32 Å². The number of sulfone groups is 1. The van der Waals surface area contributed by atoms with Crippen molar-refractivity contribution in [1.29, 1.82) is 0 Å². The van der Waals surface area contributed by atoms with Crippen LogP contribution in [0.1, 0.15) is 23.6 Å². The molecule has 2 rings (SSSR count). The molecule has 134 valence electrons. The third-order valence-corrected chi connectivity index (χ3v) is 6.29. The van der Waals surface area contributed by atoms with Crippen LogP contribution in [0.5, 0.6) is 0 Å². The Labute approximate surface area is 151 Å². The lowest BCUT2D eigenvalue weighted by molar-refractivity contribution is -0.115. The van der Waals surface area contributed by atoms with Gasteiger partial charge < -0.3 is 5.32 Å². The number of carbonyl (C=O) groups excluding carboxylic acids is 1. The highest BCUT2D eigenvalue weighted by molar-refractivity contribution is 7.92. The van der Waals surface area contributed by atoms with E-state index in [0.717, 1.165) is 23.3 Å². The van der Waals surface area contributed by atoms with E-state index in [4.69, 9.17) is 11.6 Å². The number of halogens is 2. The molecule has 0 radical (unpaired) electrons. The number of hydrogen-bond acceptors (Lipinski definition) is 3. The molecule has 0 aliphatic rings. The van der Waals surface area contributed by atoms with E-state index >= 15 is 0 Å². The van der Waals surface area contributed by atoms with Crippen LogP contribution in [-0.2, 0) is 20.4 Å². The molecular formula is C18H19ClFNO3S. The number of carbonyl (C=O) groups is 1. The van der Waals surface area contributed by atoms with Crippen molar-refractivity contribution in [2.45, 2.75) is 31.8 Å². The fourth-order valence-corrected chi connectivity index (χ4v) is 3.88. The molecule has 0 aromatic heterocycles. The molecule has 0 aliphatic carbocycles. The van der Waals surface area contributed by atoms with Crippen LogP contribution in [-0.4, -0.2) is 19.6 Å². The molecule has 0 spiro atoms. The molecular weight excluding hydrogens is 365 g/mol. The summed E-state index contributed by atoms with van der Waals surface area (Å²) in [5, 5.41) is 1.40. The Hall–Kier alpha value is -1.92. The molecule has 1 amide bonds. The second-order valence-corrected chi connectivity index (χ2v) is 8.72. The molecule has 0 bridgehead atoms. The maximum atomic E-state index is 13.1. The molecule has 1 N–H and O–H groups in total. The highest BCUT2D eigenvalue weighted by atomic mass is 35.5. The summed E-state index contributed by atoms with van der Waals surface area (Å²) in [5.74, 6) is -1.60. The summed E-state index contributed by atoms with van der Waals surface area (Å²) in [6, 6.07) is 9.03. The van der Waals surface area contributed by atoms with Crippen molar-refractivity contribution in [3.8, 4) is 0 Å². The molecule has 1 atom stereocenters. The van der Waals surface area contributed by atoms with Gasteiger partial charge in [0.15, 0.2) is 9.84 Å². The minimum atomic E-state index is -3.81. The summed E-state index contributed by atoms with van der Waals surface area (Å²) in [5.41, 5.74) is 2.63. The molecule has 2 aromatic carbocycles. The predicted octanol–water partition coefficient (Wildman–Crippen LogP) is 4.04. The van der Waals surface area contributed by atoms with E-state index in [-0.39, 0.29) is 10.6 Å². The molecule has 0 saturated heterocycles. The third-order valence-electron chi connectivity index (χ3n) is 3.93. The average molecular weight is 384 g/mol. The zero-order valence-electron chi connectivity index (χ0n) is 14.1. The van der Waals surface area contributed by atoms with Crippen LogP contribution in [0, 0.1) is 19.7 Å². The first-order valence-electron chi connectivity index (χ1n) is 7.64. The fraction of sp³-hybridized carbons (Fsp3) is 0.278. The second kappa shape index (κ2) is 7.54. The van der Waals surface area contributed by atoms with Crippen molar-refractivity contribution >= 4 is 33.0 Å². The van der Waals surface area contributed by atoms with Crippen molar-refractivity contribution in [2.24, 2.45) is 0 Å². The summed E-state index contributed by atoms with van der Waals surface area (Å²) < 4.78 is 38.1. The van der Waals surface area contributed by atoms with Crippen LogP contribution in [0.15, 0.2) is 36.4 Å². The molecule has 0 aliphatic heterocycles. The van der Waals surface area contributed by atoms with Gasteiger partial charge in [-0.05, 0) is 55.7 Å². The van der Waals surface area contributed by atoms with Gasteiger partial charge in [0.25, 0.3) is 0 Å². The number of hydrogen-bond donors (Lipinski definition) is 1. The highest BCUT2D eigenvalue weighted by Gasteiger charge is 2.29. The number of rotatable bonds is 5. The van der Waals surface area contributed by atoms with E-state index in [1.807, 2.05) is 26.0 Å². The van der Waals surface area contributed by atoms with Gasteiger partial charge in [-0.15, -0.1) is 0 Å². The van der Waals surface area contributed by atoms with Crippen molar-refractivity contribution in [2.75, 3.05) is 5.32 Å². The zero-order valence-corrected chi connectivity index (χ0v) is 15.7. The number of benzene rings is 2. The maximum Gasteiger partial charge on any atom is 0.242 e. The first-order valence-corrected chi connectivity index (χ1v) is 9.73. The van der Waals surface area contributed by atoms with Gasteiger partial charge in [0.05, 0.1) is 5.75 Å². The van der Waals surface area contributed by atoms with Crippen LogP contribution in [0.25, 0.3) is 0 Å². The summed E-state index contributed by atoms with van der Waals surface area (Å²) >= 11 is 5.88. The van der Waals surface area contributed by atoms with E-state index in [1.165, 1.54) is 13.0 Å². The quantitative estimate of drug-likeness (QED) is 0.847. The molecule has 4 nitrogen and oxygen atoms in total. The van der Waals surface area contributed by atoms with Crippen molar-refractivity contribution < 1.29 is 17.6 Å². The van der Waals surface area contributed by atoms with Crippen molar-refractivity contribution in [3.63, 3.8) is 0 Å². The largest absolute Gasteiger partial charge is 0.325 e. The zero-order chi connectivity index (χ0) is 18.8. The van der Waals surface area contributed by atoms with Gasteiger partial charge >= 0.3 is 0 Å². The van der Waals surface area contributed by atoms with E-state index in [0.29, 0.717) is 5.69 Å². The third kappa shape index (κ3) is 4.80. The Balaban J connectivity index is 2.18. The van der Waals surface area contributed by atoms with Gasteiger partial charge in [-0.1, -0.05) is 29.8 Å². The minimum Gasteiger partial charge on any atom is -0.325 e. The normalized spacial score (nSPS) is 12.7. The summed E-state index contributed by atoms with van der Waals surface area (Å²) in [6.45, 7) is 5.03. The van der Waals surface area contributed by atoms with Crippen LogP contribution in [0.4, 0.5) is 10.1 Å². The van der Waals surface area contributed by atoms with Gasteiger partial charge in [0.2, 0.25) is 5.91 Å². The van der Waals surface area contributed by atoms with E-state index in [2.05, 4.69) is 5.32 Å². The lowest BCUT2D eigenvalue weighted by atomic mass is 10.1. The lowest BCUT2D eigenvalue weighted by Crippen LogP contribution is -2.33. The minimum absolute atomic E-state index is 0.0192. The maximum absolute atomic E-state index is 13.1. The van der Waals surface area contributed by atoms with Crippen LogP contribution in [0.2, 0.25) is 5.02 Å². The molecule has 1 unspecified atom stereocenters. The van der Waals surface area contributed by atoms with Gasteiger partial charge in [-0.3, -0.25) is 4.79 Å². The van der Waals surface area contributed by atoms with Gasteiger partial charge in [-0.25, -0.2) is 12.8 Å². The number of aryl methyl sites for hydroxylation is 2. The summed E-state index contributed by atoms with van der Waals surface area (Å²) in [4.78, 5) is 12.4. The summed E-state index contributed by atoms with van der Waals surface area (Å²) in [7, 11) is -3.81. The Kier molecular flexibility index (Phi) is 5.85. The monoisotopic (exact) mass is 383 g/mol. The number of anilines is 1. The van der Waals surface area contributed by atoms with Crippen LogP contribution >= 0.6 is 11.6 Å². The first kappa shape index (κ1) is 19.4. The number of nitrogens with one attached hydrogen (secondary N) is 1. The van der Waals surface area contributed by atoms with E-state index < -0.39 is 32.6 Å². The predicted molar refractivity (Wildman–Crippen MR) is 98.0 cm³/mol. The molecule has 0 fully saturated rings. The van der Waals surface area contributed by atoms with E-state index in [9.17, 15) is 17.6 Å². The smallest absolute Gasteiger partial charge is 0.242 e. The molecule has 0 saturated carbocycles. The standard InChI is InChI=1S/C18H19ClFNO3S/c1-11-4-5-12(2)17(8-11)21-18(22)13(3)25(23,24)10-14-6-7-15(20)9-16(14)19/h4-9,13H,10H2,1-3H3,(H,21,22). The second-order valence-electron chi connectivity index (χ2n) is 5.99. The van der Waals surface area contributed by atoms with Gasteiger partial charge in [0, 0.05) is 10.7 Å².